The highest BCUT2D eigenvalue weighted by Crippen LogP contribution is 2.29. The Labute approximate surface area is 184 Å². The molecule has 0 aromatic carbocycles. The van der Waals surface area contributed by atoms with Crippen molar-refractivity contribution in [3.63, 3.8) is 0 Å². The second kappa shape index (κ2) is 10.9. The summed E-state index contributed by atoms with van der Waals surface area (Å²) < 4.78 is 46.3. The van der Waals surface area contributed by atoms with Crippen LogP contribution in [-0.2, 0) is 10.0 Å². The molecule has 170 valence electrons. The lowest BCUT2D eigenvalue weighted by atomic mass is 10.1. The van der Waals surface area contributed by atoms with E-state index < -0.39 is 20.8 Å². The maximum atomic E-state index is 13.8. The molecule has 0 spiro atoms. The molecule has 0 unspecified atom stereocenters. The van der Waals surface area contributed by atoms with Gasteiger partial charge in [0.1, 0.15) is 17.3 Å². The lowest BCUT2D eigenvalue weighted by molar-refractivity contribution is 0.400. The topological polar surface area (TPSA) is 83.9 Å². The fourth-order valence-electron chi connectivity index (χ4n) is 2.82. The van der Waals surface area contributed by atoms with Gasteiger partial charge in [-0.1, -0.05) is 13.2 Å². The number of amidine groups is 1. The minimum absolute atomic E-state index is 0.0588. The van der Waals surface area contributed by atoms with Gasteiger partial charge in [0, 0.05) is 25.0 Å². The van der Waals surface area contributed by atoms with Crippen LogP contribution in [0.15, 0.2) is 59.0 Å². The number of rotatable bonds is 9. The van der Waals surface area contributed by atoms with Crippen LogP contribution in [0.4, 0.5) is 10.1 Å². The first-order valence-corrected chi connectivity index (χ1v) is 11.0. The van der Waals surface area contributed by atoms with Gasteiger partial charge in [-0.05, 0) is 64.0 Å². The first-order chi connectivity index (χ1) is 14.4. The Morgan fingerprint density at radius 3 is 2.45 bits per heavy atom. The SMILES string of the molecule is C=CC(F)=C(C)S(=O)(=O)Nc1cc(C(C)=CC(=C)N(C(C)=NC)C(C)C)cnc1OC. The van der Waals surface area contributed by atoms with Crippen molar-refractivity contribution in [2.45, 2.75) is 40.7 Å². The van der Waals surface area contributed by atoms with Crippen LogP contribution >= 0.6 is 0 Å². The molecule has 0 aliphatic heterocycles. The molecule has 0 radical (unpaired) electrons. The Morgan fingerprint density at radius 2 is 1.97 bits per heavy atom. The van der Waals surface area contributed by atoms with E-state index in [2.05, 4.69) is 27.9 Å². The number of sulfonamides is 1. The zero-order valence-electron chi connectivity index (χ0n) is 19.2. The molecule has 9 heteroatoms. The highest BCUT2D eigenvalue weighted by molar-refractivity contribution is 7.96. The molecule has 0 aliphatic rings. The van der Waals surface area contributed by atoms with E-state index >= 15 is 0 Å². The van der Waals surface area contributed by atoms with Crippen molar-refractivity contribution in [1.29, 1.82) is 0 Å². The third kappa shape index (κ3) is 6.52. The van der Waals surface area contributed by atoms with Crippen molar-refractivity contribution in [3.05, 3.63) is 59.6 Å². The van der Waals surface area contributed by atoms with Crippen LogP contribution in [0.25, 0.3) is 5.57 Å². The van der Waals surface area contributed by atoms with E-state index in [9.17, 15) is 12.8 Å². The molecule has 1 aromatic heterocycles. The Balaban J connectivity index is 3.40. The number of aliphatic imine (C=N–C) groups is 1. The second-order valence-electron chi connectivity index (χ2n) is 7.05. The molecule has 0 fully saturated rings. The molecule has 1 heterocycles. The lowest BCUT2D eigenvalue weighted by Crippen LogP contribution is -2.33. The normalized spacial score (nSPS) is 13.6. The fraction of sp³-hybridized carbons (Fsp3) is 0.364. The van der Waals surface area contributed by atoms with Gasteiger partial charge >= 0.3 is 0 Å². The Bertz CT molecular complexity index is 1040. The second-order valence-corrected chi connectivity index (χ2v) is 8.87. The van der Waals surface area contributed by atoms with Crippen LogP contribution in [0.3, 0.4) is 0 Å². The standard InChI is InChI=1S/C22H31FN4O3S/c1-10-20(23)17(6)31(28,29)26-21-12-19(13-25-22(21)30-9)15(4)11-16(5)27(14(2)3)18(7)24-8/h10-14,26H,1,5H2,2-4,6-9H3. The number of aromatic nitrogens is 1. The number of anilines is 1. The predicted octanol–water partition coefficient (Wildman–Crippen LogP) is 4.89. The van der Waals surface area contributed by atoms with Gasteiger partial charge in [0.05, 0.1) is 12.0 Å². The molecule has 0 atom stereocenters. The fourth-order valence-corrected chi connectivity index (χ4v) is 3.75. The molecular formula is C22H31FN4O3S. The predicted molar refractivity (Wildman–Crippen MR) is 126 cm³/mol. The molecule has 31 heavy (non-hydrogen) atoms. The van der Waals surface area contributed by atoms with Gasteiger partial charge in [-0.2, -0.15) is 0 Å². The molecular weight excluding hydrogens is 419 g/mol. The Kier molecular flexibility index (Phi) is 9.18. The largest absolute Gasteiger partial charge is 0.480 e. The summed E-state index contributed by atoms with van der Waals surface area (Å²) in [5.74, 6) is -0.0647. The zero-order valence-corrected chi connectivity index (χ0v) is 20.0. The van der Waals surface area contributed by atoms with Crippen molar-refractivity contribution >= 4 is 27.1 Å². The number of methoxy groups -OCH3 is 1. The summed E-state index contributed by atoms with van der Waals surface area (Å²) >= 11 is 0. The number of allylic oxidation sites excluding steroid dienone is 5. The summed E-state index contributed by atoms with van der Waals surface area (Å²) in [6.45, 7) is 16.4. The summed E-state index contributed by atoms with van der Waals surface area (Å²) in [6, 6.07) is 1.72. The van der Waals surface area contributed by atoms with Crippen molar-refractivity contribution in [1.82, 2.24) is 9.88 Å². The minimum atomic E-state index is -4.16. The van der Waals surface area contributed by atoms with E-state index in [1.807, 2.05) is 38.7 Å². The third-order valence-electron chi connectivity index (χ3n) is 4.54. The summed E-state index contributed by atoms with van der Waals surface area (Å²) in [4.78, 5) is 9.90. The maximum Gasteiger partial charge on any atom is 0.260 e. The number of nitrogens with one attached hydrogen (secondary N) is 1. The average Bonchev–Trinajstić information content (AvgIpc) is 2.71. The van der Waals surface area contributed by atoms with Crippen LogP contribution in [0.2, 0.25) is 0 Å². The van der Waals surface area contributed by atoms with Crippen LogP contribution in [-0.4, -0.2) is 44.3 Å². The van der Waals surface area contributed by atoms with E-state index in [4.69, 9.17) is 4.74 Å². The molecule has 0 bridgehead atoms. The third-order valence-corrected chi connectivity index (χ3v) is 6.03. The molecule has 0 amide bonds. The van der Waals surface area contributed by atoms with Gasteiger partial charge in [0.25, 0.3) is 10.0 Å². The quantitative estimate of drug-likeness (QED) is 0.329. The van der Waals surface area contributed by atoms with E-state index in [-0.39, 0.29) is 17.6 Å². The van der Waals surface area contributed by atoms with Crippen LogP contribution in [0, 0.1) is 0 Å². The summed E-state index contributed by atoms with van der Waals surface area (Å²) in [5.41, 5.74) is 2.24. The summed E-state index contributed by atoms with van der Waals surface area (Å²) in [5, 5.41) is 0. The van der Waals surface area contributed by atoms with Crippen LogP contribution < -0.4 is 9.46 Å². The van der Waals surface area contributed by atoms with Crippen molar-refractivity contribution in [3.8, 4) is 5.88 Å². The van der Waals surface area contributed by atoms with Gasteiger partial charge in [-0.15, -0.1) is 0 Å². The maximum absolute atomic E-state index is 13.8. The Morgan fingerprint density at radius 1 is 1.35 bits per heavy atom. The van der Waals surface area contributed by atoms with Crippen molar-refractivity contribution in [2.24, 2.45) is 4.99 Å². The van der Waals surface area contributed by atoms with E-state index in [1.165, 1.54) is 7.11 Å². The molecule has 1 N–H and O–H groups in total. The first-order valence-electron chi connectivity index (χ1n) is 9.55. The first kappa shape index (κ1) is 26.1. The average molecular weight is 451 g/mol. The Hall–Kier alpha value is -2.94. The molecule has 0 aliphatic carbocycles. The molecule has 0 saturated carbocycles. The van der Waals surface area contributed by atoms with Gasteiger partial charge < -0.3 is 9.64 Å². The zero-order chi connectivity index (χ0) is 23.9. The minimum Gasteiger partial charge on any atom is -0.480 e. The van der Waals surface area contributed by atoms with Crippen LogP contribution in [0.5, 0.6) is 5.88 Å². The number of pyridine rings is 1. The highest BCUT2D eigenvalue weighted by Gasteiger charge is 2.20. The lowest BCUT2D eigenvalue weighted by Gasteiger charge is -2.29. The van der Waals surface area contributed by atoms with E-state index in [0.717, 1.165) is 30.1 Å². The van der Waals surface area contributed by atoms with Crippen molar-refractivity contribution < 1.29 is 17.5 Å². The monoisotopic (exact) mass is 450 g/mol. The van der Waals surface area contributed by atoms with Crippen LogP contribution in [0.1, 0.15) is 40.2 Å². The smallest absolute Gasteiger partial charge is 0.260 e. The van der Waals surface area contributed by atoms with Gasteiger partial charge in [-0.25, -0.2) is 17.8 Å². The van der Waals surface area contributed by atoms with Gasteiger partial charge in [0.15, 0.2) is 0 Å². The highest BCUT2D eigenvalue weighted by atomic mass is 32.2. The molecule has 0 saturated heterocycles. The molecule has 1 rings (SSSR count). The summed E-state index contributed by atoms with van der Waals surface area (Å²) in [7, 11) is -1.08. The molecule has 7 nitrogen and oxygen atoms in total. The number of halogens is 1. The van der Waals surface area contributed by atoms with E-state index in [1.54, 1.807) is 19.3 Å². The van der Waals surface area contributed by atoms with Gasteiger partial charge in [0.2, 0.25) is 5.88 Å². The number of hydrogen-bond acceptors (Lipinski definition) is 5. The number of hydrogen-bond donors (Lipinski definition) is 1. The number of nitrogens with zero attached hydrogens (tertiary/aromatic N) is 3. The van der Waals surface area contributed by atoms with E-state index in [0.29, 0.717) is 5.56 Å². The van der Waals surface area contributed by atoms with Gasteiger partial charge in [-0.3, -0.25) is 9.71 Å². The molecule has 1 aromatic rings. The summed E-state index contributed by atoms with van der Waals surface area (Å²) in [6.07, 6.45) is 4.25. The van der Waals surface area contributed by atoms with Crippen molar-refractivity contribution in [2.75, 3.05) is 18.9 Å². The number of ether oxygens (including phenoxy) is 1.